The molecule has 0 radical (unpaired) electrons. The quantitative estimate of drug-likeness (QED) is 0.757. The van der Waals surface area contributed by atoms with Crippen LogP contribution in [0, 0.1) is 5.92 Å². The van der Waals surface area contributed by atoms with E-state index in [9.17, 15) is 0 Å². The van der Waals surface area contributed by atoms with Crippen LogP contribution in [0.5, 0.6) is 5.75 Å². The average molecular weight is 248 g/mol. The third-order valence-corrected chi connectivity index (χ3v) is 3.64. The number of para-hydroxylation sites is 1. The fourth-order valence-electron chi connectivity index (χ4n) is 2.55. The fourth-order valence-corrected chi connectivity index (χ4v) is 2.55. The standard InChI is InChI=1S/C15H24N2O/c1-18-15-7-3-2-6-14(15)12-17-10-8-13-5-4-9-16-11-13/h2-3,6-7,13,16-17H,4-5,8-12H2,1H3. The molecule has 1 heterocycles. The smallest absolute Gasteiger partial charge is 0.123 e. The zero-order chi connectivity index (χ0) is 12.6. The summed E-state index contributed by atoms with van der Waals surface area (Å²) in [6.07, 6.45) is 3.97. The Balaban J connectivity index is 1.68. The van der Waals surface area contributed by atoms with Crippen LogP contribution in [-0.2, 0) is 6.54 Å². The molecule has 0 aliphatic carbocycles. The zero-order valence-corrected chi connectivity index (χ0v) is 11.2. The molecule has 1 aromatic rings. The zero-order valence-electron chi connectivity index (χ0n) is 11.2. The lowest BCUT2D eigenvalue weighted by Gasteiger charge is -2.22. The van der Waals surface area contributed by atoms with E-state index in [4.69, 9.17) is 4.74 Å². The number of methoxy groups -OCH3 is 1. The van der Waals surface area contributed by atoms with Crippen LogP contribution in [0.25, 0.3) is 0 Å². The van der Waals surface area contributed by atoms with E-state index >= 15 is 0 Å². The van der Waals surface area contributed by atoms with Crippen molar-refractivity contribution in [3.05, 3.63) is 29.8 Å². The van der Waals surface area contributed by atoms with E-state index in [1.54, 1.807) is 7.11 Å². The summed E-state index contributed by atoms with van der Waals surface area (Å²) in [7, 11) is 1.73. The number of benzene rings is 1. The van der Waals surface area contributed by atoms with Gasteiger partial charge < -0.3 is 15.4 Å². The molecule has 0 aromatic heterocycles. The maximum absolute atomic E-state index is 5.34. The largest absolute Gasteiger partial charge is 0.496 e. The molecule has 1 aliphatic heterocycles. The van der Waals surface area contributed by atoms with Crippen LogP contribution in [-0.4, -0.2) is 26.7 Å². The van der Waals surface area contributed by atoms with Crippen molar-refractivity contribution >= 4 is 0 Å². The van der Waals surface area contributed by atoms with Crippen molar-refractivity contribution in [2.75, 3.05) is 26.7 Å². The second kappa shape index (κ2) is 7.39. The SMILES string of the molecule is COc1ccccc1CNCCC1CCCNC1. The van der Waals surface area contributed by atoms with Crippen molar-refractivity contribution in [3.63, 3.8) is 0 Å². The molecule has 0 amide bonds. The van der Waals surface area contributed by atoms with Crippen molar-refractivity contribution in [1.29, 1.82) is 0 Å². The molecule has 1 saturated heterocycles. The van der Waals surface area contributed by atoms with Gasteiger partial charge in [0.05, 0.1) is 7.11 Å². The first-order valence-electron chi connectivity index (χ1n) is 6.93. The third kappa shape index (κ3) is 4.00. The molecular formula is C15H24N2O. The van der Waals surface area contributed by atoms with Gasteiger partial charge in [0.2, 0.25) is 0 Å². The van der Waals surface area contributed by atoms with Crippen LogP contribution in [0.4, 0.5) is 0 Å². The Hall–Kier alpha value is -1.06. The third-order valence-electron chi connectivity index (χ3n) is 3.64. The first-order valence-corrected chi connectivity index (χ1v) is 6.93. The summed E-state index contributed by atoms with van der Waals surface area (Å²) < 4.78 is 5.34. The summed E-state index contributed by atoms with van der Waals surface area (Å²) in [6.45, 7) is 4.37. The second-order valence-electron chi connectivity index (χ2n) is 4.99. The van der Waals surface area contributed by atoms with Crippen LogP contribution in [0.2, 0.25) is 0 Å². The molecule has 1 unspecified atom stereocenters. The number of piperidine rings is 1. The first kappa shape index (κ1) is 13.4. The van der Waals surface area contributed by atoms with Gasteiger partial charge in [-0.2, -0.15) is 0 Å². The van der Waals surface area contributed by atoms with Gasteiger partial charge in [-0.1, -0.05) is 18.2 Å². The molecule has 100 valence electrons. The van der Waals surface area contributed by atoms with Gasteiger partial charge in [-0.3, -0.25) is 0 Å². The molecule has 1 fully saturated rings. The fraction of sp³-hybridized carbons (Fsp3) is 0.600. The van der Waals surface area contributed by atoms with E-state index < -0.39 is 0 Å². The minimum atomic E-state index is 0.851. The van der Waals surface area contributed by atoms with Crippen LogP contribution in [0.3, 0.4) is 0 Å². The lowest BCUT2D eigenvalue weighted by Crippen LogP contribution is -2.31. The summed E-state index contributed by atoms with van der Waals surface area (Å²) >= 11 is 0. The maximum Gasteiger partial charge on any atom is 0.123 e. The van der Waals surface area contributed by atoms with Gasteiger partial charge in [-0.15, -0.1) is 0 Å². The Morgan fingerprint density at radius 3 is 3.06 bits per heavy atom. The molecule has 0 bridgehead atoms. The van der Waals surface area contributed by atoms with Gasteiger partial charge in [-0.25, -0.2) is 0 Å². The molecule has 2 rings (SSSR count). The van der Waals surface area contributed by atoms with Crippen molar-refractivity contribution in [2.24, 2.45) is 5.92 Å². The predicted octanol–water partition coefficient (Wildman–Crippen LogP) is 2.17. The Morgan fingerprint density at radius 1 is 1.39 bits per heavy atom. The molecule has 1 aromatic carbocycles. The minimum Gasteiger partial charge on any atom is -0.496 e. The van der Waals surface area contributed by atoms with E-state index in [2.05, 4.69) is 22.8 Å². The number of ether oxygens (including phenoxy) is 1. The maximum atomic E-state index is 5.34. The summed E-state index contributed by atoms with van der Waals surface area (Å²) in [5.41, 5.74) is 1.24. The van der Waals surface area contributed by atoms with Gasteiger partial charge >= 0.3 is 0 Å². The predicted molar refractivity (Wildman–Crippen MR) is 74.9 cm³/mol. The van der Waals surface area contributed by atoms with Crippen LogP contribution in [0.1, 0.15) is 24.8 Å². The molecule has 2 N–H and O–H groups in total. The number of hydrogen-bond donors (Lipinski definition) is 2. The number of hydrogen-bond acceptors (Lipinski definition) is 3. The van der Waals surface area contributed by atoms with Crippen molar-refractivity contribution < 1.29 is 4.74 Å². The summed E-state index contributed by atoms with van der Waals surface area (Å²) in [4.78, 5) is 0. The molecule has 3 nitrogen and oxygen atoms in total. The summed E-state index contributed by atoms with van der Waals surface area (Å²) in [5.74, 6) is 1.83. The lowest BCUT2D eigenvalue weighted by atomic mass is 9.96. The minimum absolute atomic E-state index is 0.851. The van der Waals surface area contributed by atoms with E-state index in [1.165, 1.54) is 37.9 Å². The number of nitrogens with one attached hydrogen (secondary N) is 2. The van der Waals surface area contributed by atoms with E-state index in [1.807, 2.05) is 12.1 Å². The second-order valence-corrected chi connectivity index (χ2v) is 4.99. The highest BCUT2D eigenvalue weighted by molar-refractivity contribution is 5.32. The molecule has 1 atom stereocenters. The van der Waals surface area contributed by atoms with Crippen LogP contribution in [0.15, 0.2) is 24.3 Å². The normalized spacial score (nSPS) is 19.7. The van der Waals surface area contributed by atoms with Crippen molar-refractivity contribution in [3.8, 4) is 5.75 Å². The first-order chi connectivity index (χ1) is 8.90. The molecule has 0 saturated carbocycles. The summed E-state index contributed by atoms with van der Waals surface area (Å²) in [6, 6.07) is 8.21. The Kier molecular flexibility index (Phi) is 5.49. The lowest BCUT2D eigenvalue weighted by molar-refractivity contribution is 0.351. The summed E-state index contributed by atoms with van der Waals surface area (Å²) in [5, 5.41) is 6.98. The van der Waals surface area contributed by atoms with E-state index in [0.29, 0.717) is 0 Å². The van der Waals surface area contributed by atoms with Crippen molar-refractivity contribution in [2.45, 2.75) is 25.8 Å². The van der Waals surface area contributed by atoms with Gasteiger partial charge in [0.25, 0.3) is 0 Å². The highest BCUT2D eigenvalue weighted by Crippen LogP contribution is 2.17. The van der Waals surface area contributed by atoms with Gasteiger partial charge in [0.1, 0.15) is 5.75 Å². The highest BCUT2D eigenvalue weighted by Gasteiger charge is 2.11. The molecular weight excluding hydrogens is 224 g/mol. The Bertz CT molecular complexity index is 348. The van der Waals surface area contributed by atoms with Gasteiger partial charge in [0, 0.05) is 12.1 Å². The molecule has 18 heavy (non-hydrogen) atoms. The highest BCUT2D eigenvalue weighted by atomic mass is 16.5. The van der Waals surface area contributed by atoms with Crippen LogP contribution < -0.4 is 15.4 Å². The van der Waals surface area contributed by atoms with E-state index in [0.717, 1.165) is 24.8 Å². The molecule has 0 spiro atoms. The van der Waals surface area contributed by atoms with Crippen molar-refractivity contribution in [1.82, 2.24) is 10.6 Å². The topological polar surface area (TPSA) is 33.3 Å². The Labute approximate surface area is 110 Å². The number of rotatable bonds is 6. The van der Waals surface area contributed by atoms with E-state index in [-0.39, 0.29) is 0 Å². The average Bonchev–Trinajstić information content (AvgIpc) is 2.45. The van der Waals surface area contributed by atoms with Gasteiger partial charge in [0.15, 0.2) is 0 Å². The molecule has 1 aliphatic rings. The van der Waals surface area contributed by atoms with Crippen LogP contribution >= 0.6 is 0 Å². The van der Waals surface area contributed by atoms with Gasteiger partial charge in [-0.05, 0) is 50.9 Å². The monoisotopic (exact) mass is 248 g/mol. The molecule has 3 heteroatoms. The Morgan fingerprint density at radius 2 is 2.28 bits per heavy atom.